The van der Waals surface area contributed by atoms with Crippen molar-refractivity contribution in [2.45, 2.75) is 71.7 Å². The predicted octanol–water partition coefficient (Wildman–Crippen LogP) is 2.32. The molecular weight excluding hydrogens is 508 g/mol. The van der Waals surface area contributed by atoms with Gasteiger partial charge in [0.2, 0.25) is 17.7 Å². The van der Waals surface area contributed by atoms with Crippen molar-refractivity contribution in [3.8, 4) is 11.1 Å². The van der Waals surface area contributed by atoms with Crippen LogP contribution >= 0.6 is 0 Å². The van der Waals surface area contributed by atoms with E-state index in [2.05, 4.69) is 15.6 Å². The third kappa shape index (κ3) is 6.22. The lowest BCUT2D eigenvalue weighted by molar-refractivity contribution is -0.144. The smallest absolute Gasteiger partial charge is 0.248 e. The fraction of sp³-hybridized carbons (Fsp3) is 0.433. The van der Waals surface area contributed by atoms with Crippen molar-refractivity contribution in [3.63, 3.8) is 0 Å². The van der Waals surface area contributed by atoms with E-state index in [0.717, 1.165) is 22.4 Å². The van der Waals surface area contributed by atoms with Crippen LogP contribution in [0, 0.1) is 19.3 Å². The molecule has 40 heavy (non-hydrogen) atoms. The second-order valence-corrected chi connectivity index (χ2v) is 11.6. The summed E-state index contributed by atoms with van der Waals surface area (Å²) in [5, 5.41) is 21.5. The molecule has 10 heteroatoms. The summed E-state index contributed by atoms with van der Waals surface area (Å²) in [6, 6.07) is 14.9. The second-order valence-electron chi connectivity index (χ2n) is 11.6. The van der Waals surface area contributed by atoms with Crippen LogP contribution in [-0.4, -0.2) is 67.5 Å². The molecule has 0 saturated carbocycles. The number of aromatic nitrogens is 3. The highest BCUT2D eigenvalue weighted by molar-refractivity contribution is 5.93. The van der Waals surface area contributed by atoms with Gasteiger partial charge in [-0.1, -0.05) is 80.6 Å². The molecule has 1 saturated heterocycles. The van der Waals surface area contributed by atoms with E-state index in [1.165, 1.54) is 4.90 Å². The summed E-state index contributed by atoms with van der Waals surface area (Å²) in [6.45, 7) is 9.41. The molecule has 2 heterocycles. The highest BCUT2D eigenvalue weighted by Crippen LogP contribution is 2.35. The summed E-state index contributed by atoms with van der Waals surface area (Å²) < 4.78 is 1.59. The number of carbonyl (C=O) groups excluding carboxylic acids is 3. The first-order chi connectivity index (χ1) is 18.9. The third-order valence-corrected chi connectivity index (χ3v) is 7.48. The standard InChI is InChI=1S/C30H38N6O4/c1-18-19(2)36(34-33-18)26(30(3,4)5)29(40)35-17-23(37)16-25(35)28(39)32-24(27(31)38)15-20-11-13-22(14-12-20)21-9-7-6-8-10-21/h6-14,23-26,37H,15-17H2,1-5H3,(H2,31,38)(H,32,39). The molecule has 1 aliphatic rings. The van der Waals surface area contributed by atoms with Gasteiger partial charge in [0.1, 0.15) is 18.1 Å². The molecule has 4 rings (SSSR count). The van der Waals surface area contributed by atoms with Crippen molar-refractivity contribution in [1.29, 1.82) is 0 Å². The van der Waals surface area contributed by atoms with Gasteiger partial charge in [0.15, 0.2) is 0 Å². The molecule has 0 aliphatic carbocycles. The molecule has 0 spiro atoms. The third-order valence-electron chi connectivity index (χ3n) is 7.48. The van der Waals surface area contributed by atoms with Crippen molar-refractivity contribution in [2.75, 3.05) is 6.54 Å². The molecule has 1 aliphatic heterocycles. The SMILES string of the molecule is Cc1nnn(C(C(=O)N2CC(O)CC2C(=O)NC(Cc2ccc(-c3ccccc3)cc2)C(N)=O)C(C)(C)C)c1C. The van der Waals surface area contributed by atoms with E-state index in [1.54, 1.807) is 4.68 Å². The number of primary amides is 1. The van der Waals surface area contributed by atoms with Gasteiger partial charge in [-0.15, -0.1) is 5.10 Å². The van der Waals surface area contributed by atoms with Crippen LogP contribution < -0.4 is 11.1 Å². The van der Waals surface area contributed by atoms with Crippen LogP contribution in [0.25, 0.3) is 11.1 Å². The minimum Gasteiger partial charge on any atom is -0.391 e. The van der Waals surface area contributed by atoms with E-state index >= 15 is 0 Å². The average molecular weight is 547 g/mol. The Labute approximate surface area is 234 Å². The monoisotopic (exact) mass is 546 g/mol. The molecule has 4 N–H and O–H groups in total. The number of hydrogen-bond acceptors (Lipinski definition) is 6. The maximum Gasteiger partial charge on any atom is 0.248 e. The summed E-state index contributed by atoms with van der Waals surface area (Å²) in [7, 11) is 0. The summed E-state index contributed by atoms with van der Waals surface area (Å²) in [4.78, 5) is 41.1. The molecule has 212 valence electrons. The number of nitrogens with one attached hydrogen (secondary N) is 1. The van der Waals surface area contributed by atoms with Crippen LogP contribution in [0.4, 0.5) is 0 Å². The van der Waals surface area contributed by atoms with Gasteiger partial charge in [0, 0.05) is 19.4 Å². The molecular formula is C30H38N6O4. The fourth-order valence-corrected chi connectivity index (χ4v) is 5.16. The number of aliphatic hydroxyl groups is 1. The molecule has 0 bridgehead atoms. The number of rotatable bonds is 8. The number of β-amino-alcohol motifs (C(OH)–C–C–N with tert-alkyl or cyclic N) is 1. The Kier molecular flexibility index (Phi) is 8.39. The van der Waals surface area contributed by atoms with Gasteiger partial charge in [0.25, 0.3) is 0 Å². The lowest BCUT2D eigenvalue weighted by Gasteiger charge is -2.35. The molecule has 2 aromatic carbocycles. The van der Waals surface area contributed by atoms with Gasteiger partial charge in [-0.2, -0.15) is 0 Å². The number of nitrogens with zero attached hydrogens (tertiary/aromatic N) is 4. The molecule has 0 radical (unpaired) electrons. The maximum absolute atomic E-state index is 13.9. The maximum atomic E-state index is 13.9. The van der Waals surface area contributed by atoms with Crippen LogP contribution in [0.15, 0.2) is 54.6 Å². The Morgan fingerprint density at radius 1 is 1.05 bits per heavy atom. The number of amides is 3. The van der Waals surface area contributed by atoms with Crippen molar-refractivity contribution < 1.29 is 19.5 Å². The van der Waals surface area contributed by atoms with E-state index < -0.39 is 41.5 Å². The van der Waals surface area contributed by atoms with E-state index in [1.807, 2.05) is 89.2 Å². The topological polar surface area (TPSA) is 143 Å². The van der Waals surface area contributed by atoms with Crippen LogP contribution in [-0.2, 0) is 20.8 Å². The van der Waals surface area contributed by atoms with Gasteiger partial charge in [-0.05, 0) is 36.0 Å². The quantitative estimate of drug-likeness (QED) is 0.396. The fourth-order valence-electron chi connectivity index (χ4n) is 5.16. The Morgan fingerprint density at radius 2 is 1.68 bits per heavy atom. The number of nitrogens with two attached hydrogens (primary N) is 1. The minimum atomic E-state index is -0.983. The highest BCUT2D eigenvalue weighted by atomic mass is 16.3. The average Bonchev–Trinajstić information content (AvgIpc) is 3.46. The van der Waals surface area contributed by atoms with Gasteiger partial charge in [-0.25, -0.2) is 4.68 Å². The van der Waals surface area contributed by atoms with Crippen LogP contribution in [0.3, 0.4) is 0 Å². The first-order valence-corrected chi connectivity index (χ1v) is 13.5. The van der Waals surface area contributed by atoms with Crippen LogP contribution in [0.5, 0.6) is 0 Å². The second kappa shape index (κ2) is 11.6. The lowest BCUT2D eigenvalue weighted by Crippen LogP contribution is -2.54. The lowest BCUT2D eigenvalue weighted by atomic mass is 9.85. The zero-order valence-electron chi connectivity index (χ0n) is 23.7. The Bertz CT molecular complexity index is 1360. The number of hydrogen-bond donors (Lipinski definition) is 3. The van der Waals surface area contributed by atoms with Crippen LogP contribution in [0.1, 0.15) is 50.2 Å². The van der Waals surface area contributed by atoms with E-state index in [9.17, 15) is 19.5 Å². The summed E-state index contributed by atoms with van der Waals surface area (Å²) in [5.74, 6) is -1.56. The Morgan fingerprint density at radius 3 is 2.23 bits per heavy atom. The zero-order chi connectivity index (χ0) is 29.2. The number of carbonyl (C=O) groups is 3. The number of benzene rings is 2. The summed E-state index contributed by atoms with van der Waals surface area (Å²) in [5.41, 5.74) is 9.50. The first kappa shape index (κ1) is 28.9. The summed E-state index contributed by atoms with van der Waals surface area (Å²) in [6.07, 6.45) is -0.626. The molecule has 3 aromatic rings. The van der Waals surface area contributed by atoms with Gasteiger partial charge in [0.05, 0.1) is 17.5 Å². The molecule has 10 nitrogen and oxygen atoms in total. The predicted molar refractivity (Wildman–Crippen MR) is 151 cm³/mol. The normalized spacial score (nSPS) is 18.8. The highest BCUT2D eigenvalue weighted by Gasteiger charge is 2.46. The van der Waals surface area contributed by atoms with Gasteiger partial charge < -0.3 is 21.1 Å². The number of aliphatic hydroxyl groups excluding tert-OH is 1. The Balaban J connectivity index is 1.51. The zero-order valence-corrected chi connectivity index (χ0v) is 23.7. The molecule has 1 fully saturated rings. The molecule has 3 amide bonds. The van der Waals surface area contributed by atoms with Gasteiger partial charge >= 0.3 is 0 Å². The Hall–Kier alpha value is -4.05. The number of aryl methyl sites for hydroxylation is 1. The van der Waals surface area contributed by atoms with E-state index in [-0.39, 0.29) is 25.3 Å². The van der Waals surface area contributed by atoms with Crippen molar-refractivity contribution in [1.82, 2.24) is 25.2 Å². The van der Waals surface area contributed by atoms with Crippen LogP contribution in [0.2, 0.25) is 0 Å². The molecule has 1 aromatic heterocycles. The van der Waals surface area contributed by atoms with E-state index in [0.29, 0.717) is 5.69 Å². The summed E-state index contributed by atoms with van der Waals surface area (Å²) >= 11 is 0. The molecule has 4 atom stereocenters. The van der Waals surface area contributed by atoms with Crippen molar-refractivity contribution in [2.24, 2.45) is 11.1 Å². The molecule has 4 unspecified atom stereocenters. The number of likely N-dealkylation sites (tertiary alicyclic amines) is 1. The largest absolute Gasteiger partial charge is 0.391 e. The first-order valence-electron chi connectivity index (χ1n) is 13.5. The van der Waals surface area contributed by atoms with Crippen molar-refractivity contribution in [3.05, 3.63) is 71.5 Å². The van der Waals surface area contributed by atoms with Gasteiger partial charge in [-0.3, -0.25) is 14.4 Å². The van der Waals surface area contributed by atoms with E-state index in [4.69, 9.17) is 5.73 Å². The van der Waals surface area contributed by atoms with Crippen molar-refractivity contribution >= 4 is 17.7 Å². The minimum absolute atomic E-state index is 0.00157.